The van der Waals surface area contributed by atoms with Gasteiger partial charge in [-0.15, -0.1) is 0 Å². The van der Waals surface area contributed by atoms with Gasteiger partial charge in [0.2, 0.25) is 0 Å². The predicted octanol–water partition coefficient (Wildman–Crippen LogP) is 2.92. The Balaban J connectivity index is 1.79. The van der Waals surface area contributed by atoms with Crippen molar-refractivity contribution in [3.63, 3.8) is 0 Å². The lowest BCUT2D eigenvalue weighted by Crippen LogP contribution is -2.39. The minimum Gasteiger partial charge on any atom is -0.490 e. The van der Waals surface area contributed by atoms with Crippen molar-refractivity contribution in [2.75, 3.05) is 12.3 Å². The molecule has 0 unspecified atom stereocenters. The first-order chi connectivity index (χ1) is 10.7. The molecule has 114 valence electrons. The van der Waals surface area contributed by atoms with Gasteiger partial charge in [0, 0.05) is 0 Å². The standard InChI is InChI=1S/C18H21N3O/c1-3-20-16-6-4-5-7-17(16)21(18(20)19)12-13-22-15-10-8-14(2)9-11-15/h4-11,19H,3,12-13H2,1-2H3/p+1. The highest BCUT2D eigenvalue weighted by Crippen LogP contribution is 2.16. The largest absolute Gasteiger partial charge is 0.490 e. The molecule has 3 aromatic rings. The van der Waals surface area contributed by atoms with Gasteiger partial charge in [-0.2, -0.15) is 0 Å². The number of nitrogens with zero attached hydrogens (tertiary/aromatic N) is 2. The van der Waals surface area contributed by atoms with Crippen LogP contribution < -0.4 is 15.0 Å². The van der Waals surface area contributed by atoms with E-state index in [4.69, 9.17) is 10.5 Å². The molecule has 0 aliphatic rings. The minimum absolute atomic E-state index is 0.593. The number of para-hydroxylation sites is 2. The van der Waals surface area contributed by atoms with Crippen LogP contribution in [0.25, 0.3) is 11.0 Å². The first kappa shape index (κ1) is 14.4. The first-order valence-electron chi connectivity index (χ1n) is 7.66. The van der Waals surface area contributed by atoms with Gasteiger partial charge in [-0.1, -0.05) is 29.8 Å². The van der Waals surface area contributed by atoms with Gasteiger partial charge in [0.05, 0.1) is 6.54 Å². The van der Waals surface area contributed by atoms with Crippen LogP contribution in [0.1, 0.15) is 12.5 Å². The molecule has 0 fully saturated rings. The number of imidazole rings is 1. The zero-order chi connectivity index (χ0) is 15.5. The van der Waals surface area contributed by atoms with Crippen LogP contribution in [-0.4, -0.2) is 11.2 Å². The van der Waals surface area contributed by atoms with Crippen molar-refractivity contribution >= 4 is 17.0 Å². The summed E-state index contributed by atoms with van der Waals surface area (Å²) in [6.45, 7) is 6.36. The lowest BCUT2D eigenvalue weighted by Gasteiger charge is -2.06. The summed E-state index contributed by atoms with van der Waals surface area (Å²) in [4.78, 5) is 0. The summed E-state index contributed by atoms with van der Waals surface area (Å²) in [6.07, 6.45) is 0. The predicted molar refractivity (Wildman–Crippen MR) is 88.9 cm³/mol. The second kappa shape index (κ2) is 6.10. The van der Waals surface area contributed by atoms with Gasteiger partial charge in [-0.05, 0) is 38.1 Å². The fraction of sp³-hybridized carbons (Fsp3) is 0.278. The molecule has 2 N–H and O–H groups in total. The van der Waals surface area contributed by atoms with E-state index in [1.165, 1.54) is 5.56 Å². The summed E-state index contributed by atoms with van der Waals surface area (Å²) in [5.74, 6) is 1.67. The van der Waals surface area contributed by atoms with Gasteiger partial charge in [0.15, 0.2) is 0 Å². The van der Waals surface area contributed by atoms with E-state index in [9.17, 15) is 0 Å². The maximum Gasteiger partial charge on any atom is 0.356 e. The van der Waals surface area contributed by atoms with E-state index in [1.54, 1.807) is 0 Å². The van der Waals surface area contributed by atoms with Crippen LogP contribution in [0.15, 0.2) is 48.5 Å². The highest BCUT2D eigenvalue weighted by atomic mass is 16.5. The Bertz CT molecular complexity index is 775. The lowest BCUT2D eigenvalue weighted by atomic mass is 10.2. The van der Waals surface area contributed by atoms with E-state index in [-0.39, 0.29) is 0 Å². The van der Waals surface area contributed by atoms with Crippen LogP contribution in [0, 0.1) is 6.92 Å². The number of hydrogen-bond acceptors (Lipinski definition) is 2. The molecule has 4 nitrogen and oxygen atoms in total. The number of nitrogens with two attached hydrogens (primary N) is 1. The molecule has 0 aliphatic carbocycles. The van der Waals surface area contributed by atoms with Crippen molar-refractivity contribution in [2.24, 2.45) is 0 Å². The molecular weight excluding hydrogens is 274 g/mol. The average Bonchev–Trinajstić information content (AvgIpc) is 2.81. The lowest BCUT2D eigenvalue weighted by molar-refractivity contribution is -0.658. The minimum atomic E-state index is 0.593. The average molecular weight is 296 g/mol. The van der Waals surface area contributed by atoms with E-state index in [1.807, 2.05) is 24.3 Å². The van der Waals surface area contributed by atoms with Gasteiger partial charge in [-0.25, -0.2) is 9.13 Å². The molecular formula is C18H22N3O+. The van der Waals surface area contributed by atoms with Gasteiger partial charge in [-0.3, -0.25) is 5.73 Å². The summed E-state index contributed by atoms with van der Waals surface area (Å²) in [5, 5.41) is 0. The Hall–Kier alpha value is -2.49. The fourth-order valence-electron chi connectivity index (χ4n) is 2.77. The number of anilines is 1. The summed E-state index contributed by atoms with van der Waals surface area (Å²) >= 11 is 0. The molecule has 4 heteroatoms. The van der Waals surface area contributed by atoms with E-state index < -0.39 is 0 Å². The van der Waals surface area contributed by atoms with E-state index in [0.29, 0.717) is 6.61 Å². The molecule has 1 heterocycles. The third-order valence-corrected chi connectivity index (χ3v) is 3.94. The normalized spacial score (nSPS) is 11.0. The molecule has 22 heavy (non-hydrogen) atoms. The molecule has 0 bridgehead atoms. The molecule has 0 radical (unpaired) electrons. The quantitative estimate of drug-likeness (QED) is 0.736. The van der Waals surface area contributed by atoms with Crippen molar-refractivity contribution in [2.45, 2.75) is 26.9 Å². The molecule has 1 aromatic heterocycles. The van der Waals surface area contributed by atoms with Gasteiger partial charge in [0.1, 0.15) is 29.9 Å². The molecule has 0 spiro atoms. The fourth-order valence-corrected chi connectivity index (χ4v) is 2.77. The van der Waals surface area contributed by atoms with Crippen LogP contribution in [0.3, 0.4) is 0 Å². The number of nitrogen functional groups attached to an aromatic ring is 1. The van der Waals surface area contributed by atoms with Crippen molar-refractivity contribution in [1.82, 2.24) is 4.57 Å². The highest BCUT2D eigenvalue weighted by Gasteiger charge is 2.19. The number of hydrogen-bond donors (Lipinski definition) is 1. The second-order valence-electron chi connectivity index (χ2n) is 5.40. The summed E-state index contributed by atoms with van der Waals surface area (Å²) in [5.41, 5.74) is 9.84. The van der Waals surface area contributed by atoms with Crippen molar-refractivity contribution in [3.8, 4) is 5.75 Å². The van der Waals surface area contributed by atoms with Crippen LogP contribution >= 0.6 is 0 Å². The molecule has 0 aliphatic heterocycles. The maximum atomic E-state index is 6.30. The highest BCUT2D eigenvalue weighted by molar-refractivity contribution is 5.73. The van der Waals surface area contributed by atoms with Crippen molar-refractivity contribution in [3.05, 3.63) is 54.1 Å². The molecule has 2 aromatic carbocycles. The van der Waals surface area contributed by atoms with Gasteiger partial charge >= 0.3 is 5.95 Å². The van der Waals surface area contributed by atoms with Crippen LogP contribution in [0.4, 0.5) is 5.95 Å². The monoisotopic (exact) mass is 296 g/mol. The number of benzene rings is 2. The number of fused-ring (bicyclic) bond motifs is 1. The number of aromatic nitrogens is 2. The first-order valence-corrected chi connectivity index (χ1v) is 7.66. The topological polar surface area (TPSA) is 44.1 Å². The Kier molecular flexibility index (Phi) is 4.00. The van der Waals surface area contributed by atoms with E-state index in [2.05, 4.69) is 47.2 Å². The zero-order valence-electron chi connectivity index (χ0n) is 13.1. The summed E-state index contributed by atoms with van der Waals surface area (Å²) < 4.78 is 10.1. The SMILES string of the molecule is CCn1c(N)[n+](CCOc2ccc(C)cc2)c2ccccc21. The van der Waals surface area contributed by atoms with Gasteiger partial charge in [0.25, 0.3) is 0 Å². The summed E-state index contributed by atoms with van der Waals surface area (Å²) in [6, 6.07) is 16.4. The van der Waals surface area contributed by atoms with Crippen molar-refractivity contribution < 1.29 is 9.30 Å². The third-order valence-electron chi connectivity index (χ3n) is 3.94. The number of rotatable bonds is 5. The van der Waals surface area contributed by atoms with E-state index >= 15 is 0 Å². The third kappa shape index (κ3) is 2.64. The van der Waals surface area contributed by atoms with Crippen molar-refractivity contribution in [1.29, 1.82) is 0 Å². The Morgan fingerprint density at radius 3 is 2.55 bits per heavy atom. The van der Waals surface area contributed by atoms with E-state index in [0.717, 1.165) is 35.8 Å². The molecule has 0 saturated heterocycles. The molecule has 0 amide bonds. The van der Waals surface area contributed by atoms with Crippen LogP contribution in [0.2, 0.25) is 0 Å². The summed E-state index contributed by atoms with van der Waals surface area (Å²) in [7, 11) is 0. The molecule has 3 rings (SSSR count). The Morgan fingerprint density at radius 1 is 1.09 bits per heavy atom. The second-order valence-corrected chi connectivity index (χ2v) is 5.40. The van der Waals surface area contributed by atoms with Crippen LogP contribution in [0.5, 0.6) is 5.75 Å². The van der Waals surface area contributed by atoms with Crippen LogP contribution in [-0.2, 0) is 13.1 Å². The number of ether oxygens (including phenoxy) is 1. The smallest absolute Gasteiger partial charge is 0.356 e. The molecule has 0 atom stereocenters. The van der Waals surface area contributed by atoms with Gasteiger partial charge < -0.3 is 4.74 Å². The zero-order valence-corrected chi connectivity index (χ0v) is 13.1. The Labute approximate surface area is 130 Å². The number of aryl methyl sites for hydroxylation is 2. The molecule has 0 saturated carbocycles. The maximum absolute atomic E-state index is 6.30. The Morgan fingerprint density at radius 2 is 1.82 bits per heavy atom.